The van der Waals surface area contributed by atoms with Gasteiger partial charge < -0.3 is 10.4 Å². The Morgan fingerprint density at radius 3 is 2.24 bits per heavy atom. The van der Waals surface area contributed by atoms with Gasteiger partial charge in [0.25, 0.3) is 0 Å². The minimum atomic E-state index is 0.239. The highest BCUT2D eigenvalue weighted by Crippen LogP contribution is 2.27. The van der Waals surface area contributed by atoms with Crippen molar-refractivity contribution in [2.24, 2.45) is 5.92 Å². The van der Waals surface area contributed by atoms with Crippen molar-refractivity contribution in [1.29, 1.82) is 0 Å². The third-order valence-corrected chi connectivity index (χ3v) is 3.38. The average molecular weight is 235 g/mol. The normalized spacial score (nSPS) is 14.9. The smallest absolute Gasteiger partial charge is 0.120 e. The summed E-state index contributed by atoms with van der Waals surface area (Å²) in [5.41, 5.74) is 1.01. The Hall–Kier alpha value is -1.02. The molecular formula is C15H25NO. The SMILES string of the molecule is CCC(NC(CC)C(C)C)c1ccccc1O. The number of phenols is 1. The van der Waals surface area contributed by atoms with E-state index in [4.69, 9.17) is 0 Å². The predicted octanol–water partition coefficient (Wildman–Crippen LogP) is 3.87. The van der Waals surface area contributed by atoms with Gasteiger partial charge in [0.15, 0.2) is 0 Å². The Morgan fingerprint density at radius 1 is 1.12 bits per heavy atom. The van der Waals surface area contributed by atoms with E-state index in [1.807, 2.05) is 18.2 Å². The molecule has 2 heteroatoms. The lowest BCUT2D eigenvalue weighted by Gasteiger charge is -2.27. The monoisotopic (exact) mass is 235 g/mol. The van der Waals surface area contributed by atoms with Crippen LogP contribution in [0.3, 0.4) is 0 Å². The summed E-state index contributed by atoms with van der Waals surface area (Å²) in [4.78, 5) is 0. The van der Waals surface area contributed by atoms with Gasteiger partial charge in [-0.05, 0) is 24.8 Å². The van der Waals surface area contributed by atoms with Gasteiger partial charge in [-0.1, -0.05) is 45.9 Å². The van der Waals surface area contributed by atoms with Gasteiger partial charge in [-0.3, -0.25) is 0 Å². The summed E-state index contributed by atoms with van der Waals surface area (Å²) < 4.78 is 0. The van der Waals surface area contributed by atoms with Gasteiger partial charge in [0, 0.05) is 17.6 Å². The molecule has 17 heavy (non-hydrogen) atoms. The number of benzene rings is 1. The Balaban J connectivity index is 2.82. The van der Waals surface area contributed by atoms with Crippen LogP contribution in [-0.2, 0) is 0 Å². The minimum Gasteiger partial charge on any atom is -0.508 e. The zero-order valence-corrected chi connectivity index (χ0v) is 11.4. The molecule has 0 aliphatic carbocycles. The summed E-state index contributed by atoms with van der Waals surface area (Å²) in [6.07, 6.45) is 2.10. The molecule has 1 rings (SSSR count). The van der Waals surface area contributed by atoms with Crippen molar-refractivity contribution >= 4 is 0 Å². The first-order chi connectivity index (χ1) is 8.10. The third-order valence-electron chi connectivity index (χ3n) is 3.38. The van der Waals surface area contributed by atoms with Gasteiger partial charge in [-0.25, -0.2) is 0 Å². The van der Waals surface area contributed by atoms with Gasteiger partial charge in [0.1, 0.15) is 5.75 Å². The number of aromatic hydroxyl groups is 1. The van der Waals surface area contributed by atoms with Crippen LogP contribution >= 0.6 is 0 Å². The Bertz CT molecular complexity index is 335. The molecule has 2 unspecified atom stereocenters. The fourth-order valence-electron chi connectivity index (χ4n) is 2.25. The predicted molar refractivity (Wildman–Crippen MR) is 73.2 cm³/mol. The largest absolute Gasteiger partial charge is 0.508 e. The van der Waals surface area contributed by atoms with Crippen molar-refractivity contribution in [3.05, 3.63) is 29.8 Å². The molecule has 1 aromatic rings. The third kappa shape index (κ3) is 3.74. The van der Waals surface area contributed by atoms with Crippen LogP contribution in [0.4, 0.5) is 0 Å². The molecule has 0 saturated heterocycles. The molecule has 2 nitrogen and oxygen atoms in total. The molecule has 0 aromatic heterocycles. The number of hydrogen-bond acceptors (Lipinski definition) is 2. The van der Waals surface area contributed by atoms with Crippen LogP contribution in [0.25, 0.3) is 0 Å². The summed E-state index contributed by atoms with van der Waals surface area (Å²) in [6.45, 7) is 8.82. The van der Waals surface area contributed by atoms with Gasteiger partial charge in [0.05, 0.1) is 0 Å². The molecule has 0 saturated carbocycles. The summed E-state index contributed by atoms with van der Waals surface area (Å²) >= 11 is 0. The second-order valence-corrected chi connectivity index (χ2v) is 4.95. The van der Waals surface area contributed by atoms with E-state index in [-0.39, 0.29) is 6.04 Å². The highest BCUT2D eigenvalue weighted by molar-refractivity contribution is 5.34. The number of rotatable bonds is 6. The van der Waals surface area contributed by atoms with E-state index in [0.29, 0.717) is 17.7 Å². The maximum atomic E-state index is 9.90. The molecule has 0 heterocycles. The molecule has 1 aromatic carbocycles. The molecular weight excluding hydrogens is 210 g/mol. The molecule has 0 fully saturated rings. The first kappa shape index (κ1) is 14.0. The fourth-order valence-corrected chi connectivity index (χ4v) is 2.25. The van der Waals surface area contributed by atoms with E-state index in [1.165, 1.54) is 0 Å². The van der Waals surface area contributed by atoms with Crippen LogP contribution in [0, 0.1) is 5.92 Å². The fraction of sp³-hybridized carbons (Fsp3) is 0.600. The quantitative estimate of drug-likeness (QED) is 0.784. The van der Waals surface area contributed by atoms with Gasteiger partial charge in [-0.15, -0.1) is 0 Å². The standard InChI is InChI=1S/C15H25NO/c1-5-13(11(3)4)16-14(6-2)12-9-7-8-10-15(12)17/h7-11,13-14,16-17H,5-6H2,1-4H3. The molecule has 0 aliphatic heterocycles. The van der Waals surface area contributed by atoms with Crippen LogP contribution < -0.4 is 5.32 Å². The summed E-state index contributed by atoms with van der Waals surface area (Å²) in [6, 6.07) is 8.35. The summed E-state index contributed by atoms with van der Waals surface area (Å²) in [5.74, 6) is 1.00. The van der Waals surface area contributed by atoms with Crippen LogP contribution in [-0.4, -0.2) is 11.1 Å². The van der Waals surface area contributed by atoms with E-state index in [1.54, 1.807) is 6.07 Å². The molecule has 96 valence electrons. The maximum absolute atomic E-state index is 9.90. The number of hydrogen-bond donors (Lipinski definition) is 2. The van der Waals surface area contributed by atoms with Gasteiger partial charge in [-0.2, -0.15) is 0 Å². The Morgan fingerprint density at radius 2 is 1.76 bits per heavy atom. The second kappa shape index (κ2) is 6.65. The lowest BCUT2D eigenvalue weighted by molar-refractivity contribution is 0.334. The molecule has 0 spiro atoms. The Labute approximate surface area is 105 Å². The maximum Gasteiger partial charge on any atom is 0.120 e. The first-order valence-electron chi connectivity index (χ1n) is 6.64. The van der Waals surface area contributed by atoms with E-state index in [0.717, 1.165) is 18.4 Å². The highest BCUT2D eigenvalue weighted by atomic mass is 16.3. The van der Waals surface area contributed by atoms with Crippen molar-refractivity contribution in [3.8, 4) is 5.75 Å². The summed E-state index contributed by atoms with van der Waals surface area (Å²) in [5, 5.41) is 13.5. The van der Waals surface area contributed by atoms with Gasteiger partial charge >= 0.3 is 0 Å². The molecule has 0 bridgehead atoms. The van der Waals surface area contributed by atoms with E-state index in [9.17, 15) is 5.11 Å². The zero-order valence-electron chi connectivity index (χ0n) is 11.4. The van der Waals surface area contributed by atoms with Crippen molar-refractivity contribution in [1.82, 2.24) is 5.32 Å². The van der Waals surface area contributed by atoms with Gasteiger partial charge in [0.2, 0.25) is 0 Å². The topological polar surface area (TPSA) is 32.3 Å². The van der Waals surface area contributed by atoms with Crippen molar-refractivity contribution in [2.45, 2.75) is 52.6 Å². The van der Waals surface area contributed by atoms with E-state index < -0.39 is 0 Å². The van der Waals surface area contributed by atoms with Crippen LogP contribution in [0.1, 0.15) is 52.1 Å². The van der Waals surface area contributed by atoms with Crippen LogP contribution in [0.5, 0.6) is 5.75 Å². The summed E-state index contributed by atoms with van der Waals surface area (Å²) in [7, 11) is 0. The van der Waals surface area contributed by atoms with E-state index in [2.05, 4.69) is 33.0 Å². The molecule has 0 aliphatic rings. The Kier molecular flexibility index (Phi) is 5.49. The van der Waals surface area contributed by atoms with Crippen LogP contribution in [0.2, 0.25) is 0 Å². The van der Waals surface area contributed by atoms with Crippen molar-refractivity contribution in [3.63, 3.8) is 0 Å². The molecule has 2 atom stereocenters. The lowest BCUT2D eigenvalue weighted by atomic mass is 9.97. The highest BCUT2D eigenvalue weighted by Gasteiger charge is 2.18. The number of phenolic OH excluding ortho intramolecular Hbond substituents is 1. The second-order valence-electron chi connectivity index (χ2n) is 4.95. The van der Waals surface area contributed by atoms with E-state index >= 15 is 0 Å². The molecule has 0 amide bonds. The molecule has 0 radical (unpaired) electrons. The van der Waals surface area contributed by atoms with Crippen LogP contribution in [0.15, 0.2) is 24.3 Å². The number of nitrogens with one attached hydrogen (secondary N) is 1. The lowest BCUT2D eigenvalue weighted by Crippen LogP contribution is -2.36. The number of para-hydroxylation sites is 1. The van der Waals surface area contributed by atoms with Crippen molar-refractivity contribution < 1.29 is 5.11 Å². The minimum absolute atomic E-state index is 0.239. The first-order valence-corrected chi connectivity index (χ1v) is 6.64. The van der Waals surface area contributed by atoms with Crippen molar-refractivity contribution in [2.75, 3.05) is 0 Å². The zero-order chi connectivity index (χ0) is 12.8. The molecule has 2 N–H and O–H groups in total. The average Bonchev–Trinajstić information content (AvgIpc) is 2.31.